The van der Waals surface area contributed by atoms with Crippen LogP contribution in [-0.4, -0.2) is 58.5 Å². The van der Waals surface area contributed by atoms with E-state index in [4.69, 9.17) is 22.1 Å². The number of allylic oxidation sites excluding steroid dienone is 4. The second-order valence-corrected chi connectivity index (χ2v) is 10.5. The number of halogens is 1. The highest BCUT2D eigenvalue weighted by Gasteiger charge is 2.46. The number of nitrogens with zero attached hydrogens (tertiary/aromatic N) is 4. The zero-order chi connectivity index (χ0) is 24.8. The summed E-state index contributed by atoms with van der Waals surface area (Å²) in [5.74, 6) is 0.615. The molecule has 190 valence electrons. The van der Waals surface area contributed by atoms with Gasteiger partial charge in [0.15, 0.2) is 0 Å². The Morgan fingerprint density at radius 3 is 2.92 bits per heavy atom. The van der Waals surface area contributed by atoms with E-state index in [2.05, 4.69) is 26.9 Å². The molecule has 2 amide bonds. The molecule has 4 atom stereocenters. The number of hydrazone groups is 1. The van der Waals surface area contributed by atoms with Crippen LogP contribution in [0.1, 0.15) is 44.9 Å². The van der Waals surface area contributed by atoms with Crippen molar-refractivity contribution < 1.29 is 14.3 Å². The van der Waals surface area contributed by atoms with E-state index < -0.39 is 18.3 Å². The number of hydrogen-bond donors (Lipinski definition) is 3. The first kappa shape index (κ1) is 23.3. The predicted molar refractivity (Wildman–Crippen MR) is 135 cm³/mol. The molecule has 0 radical (unpaired) electrons. The highest BCUT2D eigenvalue weighted by molar-refractivity contribution is 6.31. The second-order valence-electron chi connectivity index (χ2n) is 10.0. The monoisotopic (exact) mass is 511 g/mol. The molecule has 0 spiro atoms. The normalized spacial score (nSPS) is 31.6. The van der Waals surface area contributed by atoms with Crippen molar-refractivity contribution >= 4 is 35.1 Å². The molecule has 3 aliphatic carbocycles. The maximum atomic E-state index is 13.6. The van der Waals surface area contributed by atoms with Gasteiger partial charge in [0.1, 0.15) is 17.6 Å². The summed E-state index contributed by atoms with van der Waals surface area (Å²) in [4.78, 5) is 31.0. The number of carbonyl (C=O) groups excluding carboxylic acids is 2. The molecule has 11 heteroatoms. The third-order valence-corrected chi connectivity index (χ3v) is 7.82. The quantitative estimate of drug-likeness (QED) is 0.501. The highest BCUT2D eigenvalue weighted by atomic mass is 35.5. The van der Waals surface area contributed by atoms with Gasteiger partial charge >= 0.3 is 0 Å². The summed E-state index contributed by atoms with van der Waals surface area (Å²) in [6.07, 6.45) is 14.5. The molecule has 36 heavy (non-hydrogen) atoms. The summed E-state index contributed by atoms with van der Waals surface area (Å²) in [6, 6.07) is 0.00700. The lowest BCUT2D eigenvalue weighted by Gasteiger charge is -2.34. The molecule has 6 rings (SSSR count). The molecular weight excluding hydrogens is 482 g/mol. The van der Waals surface area contributed by atoms with E-state index in [0.29, 0.717) is 47.6 Å². The van der Waals surface area contributed by atoms with Crippen molar-refractivity contribution in [3.63, 3.8) is 0 Å². The summed E-state index contributed by atoms with van der Waals surface area (Å²) < 4.78 is 6.22. The van der Waals surface area contributed by atoms with Crippen LogP contribution in [-0.2, 0) is 14.3 Å². The van der Waals surface area contributed by atoms with Gasteiger partial charge in [0.05, 0.1) is 18.8 Å². The van der Waals surface area contributed by atoms with Gasteiger partial charge in [0.2, 0.25) is 6.29 Å². The Bertz CT molecular complexity index is 1150. The molecule has 10 nitrogen and oxygen atoms in total. The zero-order valence-electron chi connectivity index (χ0n) is 19.9. The molecule has 0 bridgehead atoms. The summed E-state index contributed by atoms with van der Waals surface area (Å²) >= 11 is 6.56. The van der Waals surface area contributed by atoms with Crippen molar-refractivity contribution in [1.82, 2.24) is 20.8 Å². The molecule has 6 aliphatic rings. The van der Waals surface area contributed by atoms with Crippen molar-refractivity contribution in [2.24, 2.45) is 27.7 Å². The van der Waals surface area contributed by atoms with Gasteiger partial charge in [-0.05, 0) is 50.0 Å². The fourth-order valence-electron chi connectivity index (χ4n) is 5.39. The minimum Gasteiger partial charge on any atom is -0.386 e. The maximum Gasteiger partial charge on any atom is 0.270 e. The van der Waals surface area contributed by atoms with E-state index >= 15 is 0 Å². The van der Waals surface area contributed by atoms with Gasteiger partial charge in [-0.15, -0.1) is 0 Å². The number of aliphatic imine (C=N–C) groups is 1. The lowest BCUT2D eigenvalue weighted by molar-refractivity contribution is -0.141. The van der Waals surface area contributed by atoms with Gasteiger partial charge in [-0.2, -0.15) is 5.10 Å². The first-order chi connectivity index (χ1) is 17.5. The lowest BCUT2D eigenvalue weighted by Crippen LogP contribution is -2.54. The molecule has 4 unspecified atom stereocenters. The van der Waals surface area contributed by atoms with Gasteiger partial charge in [-0.25, -0.2) is 15.0 Å². The van der Waals surface area contributed by atoms with E-state index in [1.807, 2.05) is 18.2 Å². The Labute approximate surface area is 214 Å². The number of amides is 2. The summed E-state index contributed by atoms with van der Waals surface area (Å²) in [7, 11) is 0. The first-order valence-corrected chi connectivity index (χ1v) is 13.0. The lowest BCUT2D eigenvalue weighted by atomic mass is 9.90. The summed E-state index contributed by atoms with van der Waals surface area (Å²) in [5.41, 5.74) is 10.8. The van der Waals surface area contributed by atoms with Crippen LogP contribution in [0, 0.1) is 11.8 Å². The van der Waals surface area contributed by atoms with E-state index in [9.17, 15) is 9.59 Å². The molecule has 0 aromatic heterocycles. The Balaban J connectivity index is 1.13. The Morgan fingerprint density at radius 2 is 2.14 bits per heavy atom. The maximum absolute atomic E-state index is 13.6. The smallest absolute Gasteiger partial charge is 0.270 e. The Hall–Kier alpha value is -3.11. The van der Waals surface area contributed by atoms with Gasteiger partial charge in [0, 0.05) is 23.2 Å². The fraction of sp³-hybridized carbons (Fsp3) is 0.520. The van der Waals surface area contributed by atoms with Gasteiger partial charge in [-0.3, -0.25) is 15.0 Å². The molecule has 4 N–H and O–H groups in total. The number of rotatable bonds is 6. The SMILES string of the molecule is NC1=NN(C(=O)C2C(Cl)=CCCC2OCC2=CC(=O)N3NC(C4=CC=CCC4)=NC3N2)C(C2CC2)C1. The second kappa shape index (κ2) is 9.40. The topological polar surface area (TPSA) is 125 Å². The Morgan fingerprint density at radius 1 is 1.28 bits per heavy atom. The van der Waals surface area contributed by atoms with Crippen LogP contribution in [0.2, 0.25) is 0 Å². The first-order valence-electron chi connectivity index (χ1n) is 12.6. The van der Waals surface area contributed by atoms with E-state index in [-0.39, 0.29) is 24.5 Å². The number of nitrogens with two attached hydrogens (primary N) is 1. The highest BCUT2D eigenvalue weighted by Crippen LogP contribution is 2.41. The van der Waals surface area contributed by atoms with Crippen molar-refractivity contribution in [2.75, 3.05) is 6.61 Å². The van der Waals surface area contributed by atoms with Crippen LogP contribution in [0.4, 0.5) is 0 Å². The zero-order valence-corrected chi connectivity index (χ0v) is 20.7. The average Bonchev–Trinajstić information content (AvgIpc) is 3.51. The minimum atomic E-state index is -0.642. The summed E-state index contributed by atoms with van der Waals surface area (Å²) in [6.45, 7) is 0.141. The van der Waals surface area contributed by atoms with Crippen LogP contribution < -0.4 is 16.5 Å². The Kier molecular flexibility index (Phi) is 6.08. The van der Waals surface area contributed by atoms with Gasteiger partial charge in [0.25, 0.3) is 11.8 Å². The standard InChI is InChI=1S/C25H30ClN7O3/c26-17-7-4-8-19(22(17)24(35)32-18(14-9-10-14)12-20(27)30-32)36-13-16-11-21(34)33-25(28-16)29-23(31-33)15-5-2-1-3-6-15/h1-2,5,7,11,14,18-19,22,25,28H,3-4,6,8-10,12-13H2,(H2,27,30)(H,29,31). The third-order valence-electron chi connectivity index (χ3n) is 7.43. The number of ether oxygens (including phenoxy) is 1. The van der Waals surface area contributed by atoms with Crippen molar-refractivity contribution in [3.05, 3.63) is 46.7 Å². The molecule has 1 saturated carbocycles. The largest absolute Gasteiger partial charge is 0.386 e. The van der Waals surface area contributed by atoms with E-state index in [1.165, 1.54) is 11.1 Å². The van der Waals surface area contributed by atoms with Crippen LogP contribution in [0.15, 0.2) is 56.8 Å². The number of hydrogen-bond acceptors (Lipinski definition) is 8. The fourth-order valence-corrected chi connectivity index (χ4v) is 5.73. The number of amidine groups is 2. The molecule has 0 saturated heterocycles. The minimum absolute atomic E-state index is 0.00700. The molecule has 0 aromatic carbocycles. The third kappa shape index (κ3) is 4.43. The van der Waals surface area contributed by atoms with Crippen molar-refractivity contribution in [3.8, 4) is 0 Å². The van der Waals surface area contributed by atoms with Crippen molar-refractivity contribution in [2.45, 2.75) is 63.4 Å². The van der Waals surface area contributed by atoms with Gasteiger partial charge < -0.3 is 15.8 Å². The number of fused-ring (bicyclic) bond motifs is 1. The van der Waals surface area contributed by atoms with Crippen molar-refractivity contribution in [1.29, 1.82) is 0 Å². The molecule has 3 aliphatic heterocycles. The molecule has 0 aromatic rings. The van der Waals surface area contributed by atoms with Crippen LogP contribution in [0.5, 0.6) is 0 Å². The molecular formula is C25H30ClN7O3. The number of hydrazine groups is 1. The van der Waals surface area contributed by atoms with E-state index in [1.54, 1.807) is 5.01 Å². The van der Waals surface area contributed by atoms with Gasteiger partial charge in [-0.1, -0.05) is 35.9 Å². The average molecular weight is 512 g/mol. The van der Waals surface area contributed by atoms with Crippen LogP contribution >= 0.6 is 11.6 Å². The number of carbonyl (C=O) groups is 2. The molecule has 1 fully saturated rings. The summed E-state index contributed by atoms with van der Waals surface area (Å²) in [5, 5.41) is 11.1. The van der Waals surface area contributed by atoms with Crippen LogP contribution in [0.25, 0.3) is 0 Å². The molecule has 3 heterocycles. The predicted octanol–water partition coefficient (Wildman–Crippen LogP) is 1.98. The van der Waals surface area contributed by atoms with E-state index in [0.717, 1.165) is 31.3 Å². The number of nitrogens with one attached hydrogen (secondary N) is 2. The van der Waals surface area contributed by atoms with Crippen LogP contribution in [0.3, 0.4) is 0 Å².